The van der Waals surface area contributed by atoms with Crippen molar-refractivity contribution >= 4 is 5.97 Å². The molecule has 0 atom stereocenters. The Morgan fingerprint density at radius 3 is 2.94 bits per heavy atom. The van der Waals surface area contributed by atoms with Crippen molar-refractivity contribution in [3.63, 3.8) is 0 Å². The van der Waals surface area contributed by atoms with Crippen LogP contribution in [0.1, 0.15) is 10.5 Å². The van der Waals surface area contributed by atoms with Gasteiger partial charge in [-0.25, -0.2) is 9.18 Å². The number of hydrogen-bond donors (Lipinski definition) is 1. The predicted molar refractivity (Wildman–Crippen MR) is 52.9 cm³/mol. The van der Waals surface area contributed by atoms with Crippen molar-refractivity contribution in [2.24, 2.45) is 5.92 Å². The lowest BCUT2D eigenvalue weighted by atomic mass is 10.0. The number of aromatic carboxylic acids is 1. The molecule has 2 rings (SSSR count). The first-order chi connectivity index (χ1) is 7.69. The number of halogens is 1. The number of carboxylic acids is 1. The third kappa shape index (κ3) is 2.35. The monoisotopic (exact) mass is 228 g/mol. The van der Waals surface area contributed by atoms with Crippen molar-refractivity contribution in [1.29, 1.82) is 0 Å². The average molecular weight is 228 g/mol. The van der Waals surface area contributed by atoms with E-state index in [1.54, 1.807) is 0 Å². The van der Waals surface area contributed by atoms with Crippen LogP contribution in [0.2, 0.25) is 0 Å². The molecule has 1 aliphatic rings. The van der Waals surface area contributed by atoms with Crippen LogP contribution in [-0.2, 0) is 6.54 Å². The van der Waals surface area contributed by atoms with E-state index in [1.165, 1.54) is 10.9 Å². The van der Waals surface area contributed by atoms with E-state index in [0.717, 1.165) is 13.1 Å². The second kappa shape index (κ2) is 4.56. The number of hydrogen-bond acceptors (Lipinski definition) is 4. The van der Waals surface area contributed by atoms with Crippen LogP contribution >= 0.6 is 0 Å². The van der Waals surface area contributed by atoms with Crippen LogP contribution in [0.3, 0.4) is 0 Å². The lowest BCUT2D eigenvalue weighted by Gasteiger charge is -2.38. The van der Waals surface area contributed by atoms with E-state index in [4.69, 9.17) is 5.11 Å². The first-order valence-corrected chi connectivity index (χ1v) is 5.11. The molecule has 1 fully saturated rings. The molecule has 0 amide bonds. The number of rotatable bonds is 5. The lowest BCUT2D eigenvalue weighted by Crippen LogP contribution is -2.49. The highest BCUT2D eigenvalue weighted by atomic mass is 19.1. The summed E-state index contributed by atoms with van der Waals surface area (Å²) in [5, 5.41) is 15.9. The van der Waals surface area contributed by atoms with E-state index in [9.17, 15) is 9.18 Å². The summed E-state index contributed by atoms with van der Waals surface area (Å²) >= 11 is 0. The Morgan fingerprint density at radius 1 is 1.62 bits per heavy atom. The lowest BCUT2D eigenvalue weighted by molar-refractivity contribution is 0.0689. The van der Waals surface area contributed by atoms with Crippen LogP contribution < -0.4 is 0 Å². The normalized spacial score (nSPS) is 17.3. The van der Waals surface area contributed by atoms with Gasteiger partial charge in [0, 0.05) is 32.1 Å². The molecular formula is C9H13FN4O2. The van der Waals surface area contributed by atoms with Gasteiger partial charge in [-0.3, -0.25) is 9.58 Å². The third-order valence-electron chi connectivity index (χ3n) is 2.64. The molecule has 0 saturated carbocycles. The molecule has 1 aromatic heterocycles. The van der Waals surface area contributed by atoms with Crippen LogP contribution in [0, 0.1) is 5.92 Å². The van der Waals surface area contributed by atoms with Crippen molar-refractivity contribution in [1.82, 2.24) is 19.9 Å². The molecule has 2 heterocycles. The summed E-state index contributed by atoms with van der Waals surface area (Å²) in [4.78, 5) is 12.6. The highest BCUT2D eigenvalue weighted by Crippen LogP contribution is 2.16. The Morgan fingerprint density at radius 2 is 2.38 bits per heavy atom. The fraction of sp³-hybridized carbons (Fsp3) is 0.667. The second-order valence-corrected chi connectivity index (χ2v) is 3.95. The largest absolute Gasteiger partial charge is 0.476 e. The first-order valence-electron chi connectivity index (χ1n) is 5.11. The zero-order valence-electron chi connectivity index (χ0n) is 8.71. The van der Waals surface area contributed by atoms with E-state index < -0.39 is 5.97 Å². The summed E-state index contributed by atoms with van der Waals surface area (Å²) in [6.45, 7) is 2.48. The zero-order chi connectivity index (χ0) is 11.5. The molecule has 0 unspecified atom stereocenters. The summed E-state index contributed by atoms with van der Waals surface area (Å²) in [6.07, 6.45) is 1.42. The summed E-state index contributed by atoms with van der Waals surface area (Å²) < 4.78 is 13.5. The Labute approximate surface area is 91.7 Å². The number of carboxylic acid groups (broad SMARTS) is 1. The van der Waals surface area contributed by atoms with E-state index in [-0.39, 0.29) is 12.4 Å². The number of aromatic nitrogens is 3. The molecule has 6 nitrogen and oxygen atoms in total. The fourth-order valence-electron chi connectivity index (χ4n) is 1.84. The number of likely N-dealkylation sites (tertiary alicyclic amines) is 1. The highest BCUT2D eigenvalue weighted by molar-refractivity contribution is 5.84. The molecule has 1 saturated heterocycles. The smallest absolute Gasteiger partial charge is 0.358 e. The molecule has 88 valence electrons. The fourth-order valence-corrected chi connectivity index (χ4v) is 1.84. The molecule has 1 aliphatic heterocycles. The number of carbonyl (C=O) groups is 1. The number of alkyl halides is 1. The van der Waals surface area contributed by atoms with Gasteiger partial charge < -0.3 is 5.11 Å². The summed E-state index contributed by atoms with van der Waals surface area (Å²) in [7, 11) is 0. The Bertz CT molecular complexity index is 375. The van der Waals surface area contributed by atoms with Gasteiger partial charge in [-0.05, 0) is 0 Å². The van der Waals surface area contributed by atoms with Crippen molar-refractivity contribution in [3.05, 3.63) is 11.9 Å². The van der Waals surface area contributed by atoms with Gasteiger partial charge in [0.25, 0.3) is 0 Å². The molecule has 1 N–H and O–H groups in total. The zero-order valence-corrected chi connectivity index (χ0v) is 8.71. The molecule has 1 aromatic rings. The molecule has 7 heteroatoms. The van der Waals surface area contributed by atoms with E-state index in [2.05, 4.69) is 10.3 Å². The molecule has 0 spiro atoms. The molecular weight excluding hydrogens is 215 g/mol. The van der Waals surface area contributed by atoms with Gasteiger partial charge >= 0.3 is 5.97 Å². The average Bonchev–Trinajstić information content (AvgIpc) is 2.63. The van der Waals surface area contributed by atoms with E-state index in [0.29, 0.717) is 19.0 Å². The van der Waals surface area contributed by atoms with Crippen molar-refractivity contribution in [3.8, 4) is 0 Å². The van der Waals surface area contributed by atoms with Gasteiger partial charge in [-0.2, -0.15) is 0 Å². The Balaban J connectivity index is 1.80. The summed E-state index contributed by atoms with van der Waals surface area (Å²) in [6, 6.07) is 0. The van der Waals surface area contributed by atoms with Crippen LogP contribution in [0.15, 0.2) is 6.20 Å². The highest BCUT2D eigenvalue weighted by Gasteiger charge is 2.26. The molecule has 0 aliphatic carbocycles. The van der Waals surface area contributed by atoms with E-state index in [1.807, 2.05) is 4.90 Å². The van der Waals surface area contributed by atoms with Crippen LogP contribution in [0.25, 0.3) is 0 Å². The predicted octanol–water partition coefficient (Wildman–Crippen LogP) is -0.122. The Kier molecular flexibility index (Phi) is 3.14. The maximum atomic E-state index is 12.0. The second-order valence-electron chi connectivity index (χ2n) is 3.95. The minimum Gasteiger partial charge on any atom is -0.476 e. The molecule has 0 bridgehead atoms. The summed E-state index contributed by atoms with van der Waals surface area (Å²) in [5.41, 5.74) is -0.0417. The molecule has 0 radical (unpaired) electrons. The van der Waals surface area contributed by atoms with Gasteiger partial charge in [0.1, 0.15) is 6.67 Å². The minimum absolute atomic E-state index is 0.0417. The van der Waals surface area contributed by atoms with Crippen molar-refractivity contribution < 1.29 is 14.3 Å². The van der Waals surface area contributed by atoms with Gasteiger partial charge in [0.2, 0.25) is 0 Å². The number of nitrogens with zero attached hydrogens (tertiary/aromatic N) is 4. The Hall–Kier alpha value is -1.50. The minimum atomic E-state index is -1.07. The quantitative estimate of drug-likeness (QED) is 0.760. The topological polar surface area (TPSA) is 71.2 Å². The maximum Gasteiger partial charge on any atom is 0.358 e. The standard InChI is InChI=1S/C9H13FN4O2/c10-1-2-13-3-7(4-13)5-14-6-8(9(15)16)11-12-14/h6-7H,1-5H2,(H,15,16). The molecule has 16 heavy (non-hydrogen) atoms. The molecule has 0 aromatic carbocycles. The van der Waals surface area contributed by atoms with Gasteiger partial charge in [0.05, 0.1) is 6.20 Å². The van der Waals surface area contributed by atoms with Crippen molar-refractivity contribution in [2.45, 2.75) is 6.54 Å². The van der Waals surface area contributed by atoms with Crippen molar-refractivity contribution in [2.75, 3.05) is 26.3 Å². The van der Waals surface area contributed by atoms with E-state index >= 15 is 0 Å². The summed E-state index contributed by atoms with van der Waals surface area (Å²) in [5.74, 6) is -0.659. The SMILES string of the molecule is O=C(O)c1cn(CC2CN(CCF)C2)nn1. The van der Waals surface area contributed by atoms with Crippen LogP contribution in [-0.4, -0.2) is 57.3 Å². The maximum absolute atomic E-state index is 12.0. The first kappa shape index (κ1) is 11.0. The third-order valence-corrected chi connectivity index (χ3v) is 2.64. The van der Waals surface area contributed by atoms with Gasteiger partial charge in [0.15, 0.2) is 5.69 Å². The van der Waals surface area contributed by atoms with Crippen LogP contribution in [0.4, 0.5) is 4.39 Å². The van der Waals surface area contributed by atoms with Gasteiger partial charge in [-0.15, -0.1) is 5.10 Å². The van der Waals surface area contributed by atoms with Gasteiger partial charge in [-0.1, -0.05) is 5.21 Å². The van der Waals surface area contributed by atoms with Crippen LogP contribution in [0.5, 0.6) is 0 Å².